The highest BCUT2D eigenvalue weighted by Crippen LogP contribution is 2.19. The minimum absolute atomic E-state index is 0.0329. The second-order valence-corrected chi connectivity index (χ2v) is 6.67. The second-order valence-electron chi connectivity index (χ2n) is 4.41. The lowest BCUT2D eigenvalue weighted by molar-refractivity contribution is 0.318. The van der Waals surface area contributed by atoms with Gasteiger partial charge < -0.3 is 15.8 Å². The van der Waals surface area contributed by atoms with E-state index in [1.54, 1.807) is 12.1 Å². The third kappa shape index (κ3) is 4.78. The van der Waals surface area contributed by atoms with Crippen LogP contribution in [-0.4, -0.2) is 45.1 Å². The van der Waals surface area contributed by atoms with Crippen LogP contribution in [0.2, 0.25) is 0 Å². The number of benzene rings is 1. The van der Waals surface area contributed by atoms with E-state index < -0.39 is 9.84 Å². The molecule has 0 amide bonds. The third-order valence-electron chi connectivity index (χ3n) is 2.71. The van der Waals surface area contributed by atoms with E-state index in [1.165, 1.54) is 6.26 Å². The summed E-state index contributed by atoms with van der Waals surface area (Å²) >= 11 is 0. The zero-order valence-corrected chi connectivity index (χ0v) is 11.9. The first kappa shape index (κ1) is 15.3. The summed E-state index contributed by atoms with van der Waals surface area (Å²) < 4.78 is 22.2. The maximum atomic E-state index is 11.1. The van der Waals surface area contributed by atoms with Crippen molar-refractivity contribution in [2.75, 3.05) is 30.5 Å². The Morgan fingerprint density at radius 3 is 2.63 bits per heavy atom. The van der Waals surface area contributed by atoms with Crippen molar-refractivity contribution in [1.82, 2.24) is 0 Å². The monoisotopic (exact) mass is 285 g/mol. The normalized spacial score (nSPS) is 12.4. The molecule has 0 atom stereocenters. The fourth-order valence-corrected chi connectivity index (χ4v) is 2.41. The Morgan fingerprint density at radius 1 is 1.42 bits per heavy atom. The predicted octanol–water partition coefficient (Wildman–Crippen LogP) is 0.652. The Labute approximate surface area is 113 Å². The molecule has 1 aromatic carbocycles. The molecule has 106 valence electrons. The number of nitrogens with zero attached hydrogens (tertiary/aromatic N) is 2. The molecule has 1 aromatic rings. The van der Waals surface area contributed by atoms with Crippen LogP contribution in [0.4, 0.5) is 5.69 Å². The number of rotatable bonds is 6. The minimum Gasteiger partial charge on any atom is -0.409 e. The zero-order chi connectivity index (χ0) is 14.5. The van der Waals surface area contributed by atoms with Gasteiger partial charge in [0.1, 0.15) is 9.84 Å². The summed E-state index contributed by atoms with van der Waals surface area (Å²) in [4.78, 5) is 1.89. The topological polar surface area (TPSA) is 96.0 Å². The molecular formula is C12H19N3O3S. The maximum Gasteiger partial charge on any atom is 0.172 e. The first-order chi connectivity index (χ1) is 8.85. The summed E-state index contributed by atoms with van der Waals surface area (Å²) in [5.41, 5.74) is 7.02. The number of oxime groups is 1. The molecule has 0 aliphatic heterocycles. The smallest absolute Gasteiger partial charge is 0.172 e. The number of hydrogen-bond acceptors (Lipinski definition) is 5. The van der Waals surface area contributed by atoms with E-state index in [0.717, 1.165) is 5.69 Å². The Kier molecular flexibility index (Phi) is 5.17. The molecule has 7 heteroatoms. The number of sulfone groups is 1. The van der Waals surface area contributed by atoms with Crippen molar-refractivity contribution in [3.05, 3.63) is 29.8 Å². The number of anilines is 1. The van der Waals surface area contributed by atoms with Crippen LogP contribution in [0, 0.1) is 0 Å². The van der Waals surface area contributed by atoms with Gasteiger partial charge in [-0.05, 0) is 18.6 Å². The van der Waals surface area contributed by atoms with Crippen molar-refractivity contribution >= 4 is 21.4 Å². The predicted molar refractivity (Wildman–Crippen MR) is 76.6 cm³/mol. The Hall–Kier alpha value is -1.76. The summed E-state index contributed by atoms with van der Waals surface area (Å²) in [5.74, 6) is 0.175. The maximum absolute atomic E-state index is 11.1. The third-order valence-corrected chi connectivity index (χ3v) is 3.74. The molecule has 19 heavy (non-hydrogen) atoms. The summed E-state index contributed by atoms with van der Waals surface area (Å²) in [6.45, 7) is 0.572. The number of amidine groups is 1. The molecule has 1 rings (SSSR count). The molecular weight excluding hydrogens is 266 g/mol. The lowest BCUT2D eigenvalue weighted by Crippen LogP contribution is -2.25. The van der Waals surface area contributed by atoms with Crippen LogP contribution in [0.5, 0.6) is 0 Å². The molecule has 6 nitrogen and oxygen atoms in total. The van der Waals surface area contributed by atoms with Crippen LogP contribution in [-0.2, 0) is 9.84 Å². The van der Waals surface area contributed by atoms with E-state index in [1.807, 2.05) is 24.1 Å². The van der Waals surface area contributed by atoms with Crippen LogP contribution in [0.1, 0.15) is 12.0 Å². The summed E-state index contributed by atoms with van der Waals surface area (Å²) in [6.07, 6.45) is 1.75. The fraction of sp³-hybridized carbons (Fsp3) is 0.417. The van der Waals surface area contributed by atoms with Gasteiger partial charge in [0.15, 0.2) is 5.84 Å². The van der Waals surface area contributed by atoms with Crippen molar-refractivity contribution in [1.29, 1.82) is 0 Å². The first-order valence-electron chi connectivity index (χ1n) is 5.81. The van der Waals surface area contributed by atoms with Crippen LogP contribution < -0.4 is 10.6 Å². The van der Waals surface area contributed by atoms with Crippen molar-refractivity contribution < 1.29 is 13.6 Å². The number of para-hydroxylation sites is 1. The van der Waals surface area contributed by atoms with Gasteiger partial charge in [-0.25, -0.2) is 8.42 Å². The van der Waals surface area contributed by atoms with Gasteiger partial charge in [-0.1, -0.05) is 17.3 Å². The molecule has 0 aliphatic carbocycles. The molecule has 0 saturated heterocycles. The summed E-state index contributed by atoms with van der Waals surface area (Å²) in [7, 11) is -1.11. The van der Waals surface area contributed by atoms with Crippen LogP contribution in [0.15, 0.2) is 29.4 Å². The number of nitrogens with two attached hydrogens (primary N) is 1. The highest BCUT2D eigenvalue weighted by atomic mass is 32.2. The largest absolute Gasteiger partial charge is 0.409 e. The molecule has 0 aliphatic rings. The van der Waals surface area contributed by atoms with Crippen molar-refractivity contribution in [2.45, 2.75) is 6.42 Å². The molecule has 0 radical (unpaired) electrons. The lowest BCUT2D eigenvalue weighted by atomic mass is 10.1. The van der Waals surface area contributed by atoms with Gasteiger partial charge in [-0.3, -0.25) is 0 Å². The molecule has 0 bridgehead atoms. The van der Waals surface area contributed by atoms with Gasteiger partial charge in [0.2, 0.25) is 0 Å². The van der Waals surface area contributed by atoms with E-state index in [4.69, 9.17) is 10.9 Å². The van der Waals surface area contributed by atoms with Crippen molar-refractivity contribution in [3.63, 3.8) is 0 Å². The molecule has 0 heterocycles. The number of hydrogen-bond donors (Lipinski definition) is 2. The van der Waals surface area contributed by atoms with Gasteiger partial charge in [0.05, 0.1) is 5.75 Å². The Balaban J connectivity index is 2.80. The average Bonchev–Trinajstić information content (AvgIpc) is 2.36. The highest BCUT2D eigenvalue weighted by molar-refractivity contribution is 7.90. The van der Waals surface area contributed by atoms with E-state index in [0.29, 0.717) is 18.5 Å². The van der Waals surface area contributed by atoms with E-state index in [2.05, 4.69) is 5.16 Å². The van der Waals surface area contributed by atoms with E-state index >= 15 is 0 Å². The Morgan fingerprint density at radius 2 is 2.05 bits per heavy atom. The standard InChI is InChI=1S/C12H19N3O3S/c1-15(8-5-9-19(2,17)18)11-7-4-3-6-10(11)12(13)14-16/h3-4,6-7,16H,5,8-9H2,1-2H3,(H2,13,14). The van der Waals surface area contributed by atoms with E-state index in [9.17, 15) is 8.42 Å². The van der Waals surface area contributed by atoms with Gasteiger partial charge in [0.25, 0.3) is 0 Å². The molecule has 0 spiro atoms. The molecule has 0 saturated carbocycles. The second kappa shape index (κ2) is 6.42. The van der Waals surface area contributed by atoms with Gasteiger partial charge in [-0.2, -0.15) is 0 Å². The average molecular weight is 285 g/mol. The first-order valence-corrected chi connectivity index (χ1v) is 7.87. The lowest BCUT2D eigenvalue weighted by Gasteiger charge is -2.21. The van der Waals surface area contributed by atoms with Gasteiger partial charge in [-0.15, -0.1) is 0 Å². The molecule has 0 unspecified atom stereocenters. The van der Waals surface area contributed by atoms with Gasteiger partial charge in [0, 0.05) is 31.1 Å². The quantitative estimate of drug-likeness (QED) is 0.346. The molecule has 3 N–H and O–H groups in total. The van der Waals surface area contributed by atoms with Crippen LogP contribution in [0.3, 0.4) is 0 Å². The van der Waals surface area contributed by atoms with Crippen LogP contribution >= 0.6 is 0 Å². The summed E-state index contributed by atoms with van der Waals surface area (Å²) in [6, 6.07) is 7.23. The highest BCUT2D eigenvalue weighted by Gasteiger charge is 2.11. The minimum atomic E-state index is -2.95. The van der Waals surface area contributed by atoms with Gasteiger partial charge >= 0.3 is 0 Å². The summed E-state index contributed by atoms with van der Waals surface area (Å²) in [5, 5.41) is 11.7. The van der Waals surface area contributed by atoms with Crippen molar-refractivity contribution in [3.8, 4) is 0 Å². The van der Waals surface area contributed by atoms with Crippen LogP contribution in [0.25, 0.3) is 0 Å². The van der Waals surface area contributed by atoms with Crippen molar-refractivity contribution in [2.24, 2.45) is 10.9 Å². The zero-order valence-electron chi connectivity index (χ0n) is 11.1. The SMILES string of the molecule is CN(CCCS(C)(=O)=O)c1ccccc1/C(N)=N/O. The molecule has 0 fully saturated rings. The van der Waals surface area contributed by atoms with E-state index in [-0.39, 0.29) is 11.6 Å². The molecule has 0 aromatic heterocycles. The fourth-order valence-electron chi connectivity index (χ4n) is 1.76. The Bertz CT molecular complexity index is 555.